The number of carbonyl (C=O) groups excluding carboxylic acids is 1. The zero-order chi connectivity index (χ0) is 21.0. The molecule has 29 heavy (non-hydrogen) atoms. The maximum Gasteiger partial charge on any atom is 0.333 e. The van der Waals surface area contributed by atoms with Crippen LogP contribution in [0.1, 0.15) is 17.5 Å². The van der Waals surface area contributed by atoms with Crippen LogP contribution in [0, 0.1) is 5.41 Å². The number of anilines is 1. The van der Waals surface area contributed by atoms with Gasteiger partial charge in [-0.15, -0.1) is 0 Å². The van der Waals surface area contributed by atoms with Crippen LogP contribution in [0.15, 0.2) is 58.2 Å². The summed E-state index contributed by atoms with van der Waals surface area (Å²) in [6.45, 7) is -0.240. The van der Waals surface area contributed by atoms with Crippen molar-refractivity contribution in [2.75, 3.05) is 5.32 Å². The lowest BCUT2D eigenvalue weighted by molar-refractivity contribution is -0.137. The molecule has 0 saturated carbocycles. The second-order valence-electron chi connectivity index (χ2n) is 6.26. The summed E-state index contributed by atoms with van der Waals surface area (Å²) < 4.78 is 7.79. The summed E-state index contributed by atoms with van der Waals surface area (Å²) in [6, 6.07) is 8.15. The van der Waals surface area contributed by atoms with Crippen molar-refractivity contribution in [2.45, 2.75) is 19.4 Å². The smallest absolute Gasteiger partial charge is 0.333 e. The van der Waals surface area contributed by atoms with Crippen molar-refractivity contribution in [2.24, 2.45) is 5.73 Å². The number of aryl methyl sites for hydroxylation is 1. The summed E-state index contributed by atoms with van der Waals surface area (Å²) in [4.78, 5) is 35.6. The average Bonchev–Trinajstić information content (AvgIpc) is 3.27. The molecule has 150 valence electrons. The maximum atomic E-state index is 12.6. The van der Waals surface area contributed by atoms with Gasteiger partial charge >= 0.3 is 11.7 Å². The van der Waals surface area contributed by atoms with E-state index < -0.39 is 17.6 Å². The Morgan fingerprint density at radius 1 is 1.17 bits per heavy atom. The van der Waals surface area contributed by atoms with Gasteiger partial charge in [-0.05, 0) is 36.8 Å². The lowest BCUT2D eigenvalue weighted by Crippen LogP contribution is -2.28. The Kier molecular flexibility index (Phi) is 5.63. The van der Waals surface area contributed by atoms with Gasteiger partial charge in [-0.1, -0.05) is 0 Å². The Bertz CT molecular complexity index is 1110. The third kappa shape index (κ3) is 4.61. The number of carbonyl (C=O) groups is 2. The highest BCUT2D eigenvalue weighted by Crippen LogP contribution is 2.18. The molecule has 0 radical (unpaired) electrons. The first-order valence-corrected chi connectivity index (χ1v) is 8.66. The summed E-state index contributed by atoms with van der Waals surface area (Å²) in [5.41, 5.74) is 6.68. The fourth-order valence-electron chi connectivity index (χ4n) is 2.74. The lowest BCUT2D eigenvalue weighted by Gasteiger charge is -2.06. The fourth-order valence-corrected chi connectivity index (χ4v) is 2.74. The average molecular weight is 397 g/mol. The first-order valence-electron chi connectivity index (χ1n) is 8.66. The summed E-state index contributed by atoms with van der Waals surface area (Å²) >= 11 is 0. The van der Waals surface area contributed by atoms with Gasteiger partial charge in [0.15, 0.2) is 0 Å². The molecule has 1 amide bonds. The van der Waals surface area contributed by atoms with Crippen molar-refractivity contribution in [3.05, 3.63) is 70.6 Å². The monoisotopic (exact) mass is 397 g/mol. The first kappa shape index (κ1) is 19.7. The number of amides is 1. The van der Waals surface area contributed by atoms with Crippen LogP contribution in [0.4, 0.5) is 5.88 Å². The standard InChI is InChI=1S/C19H19N5O5/c20-17(21)12-1-4-14(5-2-12)24-9-8-23(19(24)28)11-15(25)22-18-13(7-10-29-18)3-6-16(26)27/h1-2,4-5,7-10H,3,6,11H2,(H3,20,21)(H,22,25)(H,26,27). The van der Waals surface area contributed by atoms with E-state index in [-0.39, 0.29) is 31.1 Å². The number of furan rings is 1. The van der Waals surface area contributed by atoms with Crippen molar-refractivity contribution in [3.63, 3.8) is 0 Å². The van der Waals surface area contributed by atoms with Crippen LogP contribution in [-0.2, 0) is 22.6 Å². The number of nitrogens with one attached hydrogen (secondary N) is 2. The molecule has 0 fully saturated rings. The predicted molar refractivity (Wildman–Crippen MR) is 104 cm³/mol. The Hall–Kier alpha value is -4.08. The molecule has 0 bridgehead atoms. The van der Waals surface area contributed by atoms with Crippen LogP contribution in [0.5, 0.6) is 0 Å². The molecule has 0 unspecified atom stereocenters. The number of imidazole rings is 1. The van der Waals surface area contributed by atoms with E-state index in [1.54, 1.807) is 30.3 Å². The molecule has 0 atom stereocenters. The highest BCUT2D eigenvalue weighted by molar-refractivity contribution is 5.95. The summed E-state index contributed by atoms with van der Waals surface area (Å²) in [5, 5.41) is 18.7. The van der Waals surface area contributed by atoms with E-state index in [1.807, 2.05) is 0 Å². The second kappa shape index (κ2) is 8.30. The number of nitrogens with two attached hydrogens (primary N) is 1. The van der Waals surface area contributed by atoms with Crippen LogP contribution >= 0.6 is 0 Å². The molecule has 0 aliphatic rings. The van der Waals surface area contributed by atoms with Crippen molar-refractivity contribution < 1.29 is 19.1 Å². The number of aromatic nitrogens is 2. The van der Waals surface area contributed by atoms with Crippen LogP contribution in [0.3, 0.4) is 0 Å². The van der Waals surface area contributed by atoms with E-state index in [2.05, 4.69) is 5.32 Å². The molecular weight excluding hydrogens is 378 g/mol. The number of amidine groups is 1. The maximum absolute atomic E-state index is 12.6. The minimum absolute atomic E-state index is 0.0706. The lowest BCUT2D eigenvalue weighted by atomic mass is 10.2. The molecular formula is C19H19N5O5. The number of nitrogen functional groups attached to an aromatic ring is 1. The largest absolute Gasteiger partial charge is 0.481 e. The molecule has 10 nitrogen and oxygen atoms in total. The minimum Gasteiger partial charge on any atom is -0.481 e. The van der Waals surface area contributed by atoms with Crippen LogP contribution in [0.2, 0.25) is 0 Å². The van der Waals surface area contributed by atoms with Crippen LogP contribution in [0.25, 0.3) is 5.69 Å². The molecule has 10 heteroatoms. The number of rotatable bonds is 8. The molecule has 2 heterocycles. The van der Waals surface area contributed by atoms with Gasteiger partial charge in [0.25, 0.3) is 0 Å². The number of hydrogen-bond donors (Lipinski definition) is 4. The minimum atomic E-state index is -0.951. The number of hydrogen-bond acceptors (Lipinski definition) is 5. The third-order valence-electron chi connectivity index (χ3n) is 4.23. The van der Waals surface area contributed by atoms with Gasteiger partial charge in [0.1, 0.15) is 12.4 Å². The number of benzene rings is 1. The highest BCUT2D eigenvalue weighted by atomic mass is 16.4. The number of aliphatic carboxylic acids is 1. The van der Waals surface area contributed by atoms with Gasteiger partial charge in [0, 0.05) is 29.9 Å². The highest BCUT2D eigenvalue weighted by Gasteiger charge is 2.14. The fraction of sp³-hybridized carbons (Fsp3) is 0.158. The SMILES string of the molecule is N=C(N)c1ccc(-n2ccn(CC(=O)Nc3occc3CCC(=O)O)c2=O)cc1. The topological polar surface area (TPSA) is 156 Å². The molecule has 2 aromatic heterocycles. The summed E-state index contributed by atoms with van der Waals surface area (Å²) in [6.07, 6.45) is 4.50. The van der Waals surface area contributed by atoms with Gasteiger partial charge < -0.3 is 15.3 Å². The summed E-state index contributed by atoms with van der Waals surface area (Å²) in [7, 11) is 0. The van der Waals surface area contributed by atoms with Gasteiger partial charge in [-0.25, -0.2) is 4.79 Å². The Labute approximate surface area is 164 Å². The van der Waals surface area contributed by atoms with E-state index in [0.717, 1.165) is 0 Å². The van der Waals surface area contributed by atoms with Crippen molar-refractivity contribution in [1.82, 2.24) is 9.13 Å². The quantitative estimate of drug-likeness (QED) is 0.330. The van der Waals surface area contributed by atoms with Crippen LogP contribution < -0.4 is 16.7 Å². The Morgan fingerprint density at radius 3 is 2.55 bits per heavy atom. The van der Waals surface area contributed by atoms with Crippen molar-refractivity contribution in [3.8, 4) is 5.69 Å². The molecule has 3 aromatic rings. The van der Waals surface area contributed by atoms with Gasteiger partial charge in [-0.3, -0.25) is 29.4 Å². The second-order valence-corrected chi connectivity index (χ2v) is 6.26. The molecule has 0 aliphatic carbocycles. The van der Waals surface area contributed by atoms with E-state index in [1.165, 1.54) is 27.8 Å². The molecule has 0 spiro atoms. The molecule has 3 rings (SSSR count). The number of carboxylic acids is 1. The molecule has 0 aliphatic heterocycles. The van der Waals surface area contributed by atoms with E-state index >= 15 is 0 Å². The van der Waals surface area contributed by atoms with Gasteiger partial charge in [-0.2, -0.15) is 0 Å². The number of nitrogens with zero attached hydrogens (tertiary/aromatic N) is 2. The Morgan fingerprint density at radius 2 is 1.90 bits per heavy atom. The zero-order valence-corrected chi connectivity index (χ0v) is 15.3. The number of carboxylic acid groups (broad SMARTS) is 1. The van der Waals surface area contributed by atoms with Gasteiger partial charge in [0.05, 0.1) is 12.0 Å². The van der Waals surface area contributed by atoms with Crippen molar-refractivity contribution in [1.29, 1.82) is 5.41 Å². The van der Waals surface area contributed by atoms with Gasteiger partial charge in [0.2, 0.25) is 11.8 Å². The molecule has 5 N–H and O–H groups in total. The predicted octanol–water partition coefficient (Wildman–Crippen LogP) is 1.17. The Balaban J connectivity index is 1.69. The normalized spacial score (nSPS) is 10.6. The molecule has 0 saturated heterocycles. The zero-order valence-electron chi connectivity index (χ0n) is 15.3. The third-order valence-corrected chi connectivity index (χ3v) is 4.23. The first-order chi connectivity index (χ1) is 13.8. The van der Waals surface area contributed by atoms with E-state index in [4.69, 9.17) is 20.7 Å². The molecule has 1 aromatic carbocycles. The van der Waals surface area contributed by atoms with E-state index in [0.29, 0.717) is 16.8 Å². The van der Waals surface area contributed by atoms with Crippen LogP contribution in [-0.4, -0.2) is 32.0 Å². The summed E-state index contributed by atoms with van der Waals surface area (Å²) in [5.74, 6) is -1.33. The van der Waals surface area contributed by atoms with E-state index in [9.17, 15) is 14.4 Å². The van der Waals surface area contributed by atoms with Crippen molar-refractivity contribution >= 4 is 23.6 Å².